The van der Waals surface area contributed by atoms with Crippen LogP contribution >= 0.6 is 0 Å². The summed E-state index contributed by atoms with van der Waals surface area (Å²) in [4.78, 5) is 2.05. The van der Waals surface area contributed by atoms with Crippen LogP contribution in [0.4, 0.5) is 8.78 Å². The molecule has 0 amide bonds. The largest absolute Gasteiger partial charge is 0.391 e. The van der Waals surface area contributed by atoms with E-state index in [1.54, 1.807) is 0 Å². The Morgan fingerprint density at radius 1 is 1.26 bits per heavy atom. The van der Waals surface area contributed by atoms with Gasteiger partial charge in [-0.05, 0) is 38.6 Å². The molecule has 0 radical (unpaired) electrons. The highest BCUT2D eigenvalue weighted by Crippen LogP contribution is 2.38. The van der Waals surface area contributed by atoms with Gasteiger partial charge in [0.25, 0.3) is 0 Å². The molecule has 4 heteroatoms. The van der Waals surface area contributed by atoms with Crippen molar-refractivity contribution in [2.75, 3.05) is 14.1 Å². The summed E-state index contributed by atoms with van der Waals surface area (Å²) in [6.07, 6.45) is 3.60. The molecule has 1 aromatic rings. The van der Waals surface area contributed by atoms with E-state index < -0.39 is 17.7 Å². The number of rotatable bonds is 4. The fourth-order valence-corrected chi connectivity index (χ4v) is 3.15. The SMILES string of the molecule is CN(C)C1(C(O)Cc2ccc(F)cc2F)CCCC1. The van der Waals surface area contributed by atoms with E-state index in [9.17, 15) is 13.9 Å². The summed E-state index contributed by atoms with van der Waals surface area (Å²) in [6.45, 7) is 0. The third-order valence-corrected chi connectivity index (χ3v) is 4.41. The van der Waals surface area contributed by atoms with Crippen molar-refractivity contribution in [1.82, 2.24) is 4.90 Å². The molecule has 0 saturated heterocycles. The summed E-state index contributed by atoms with van der Waals surface area (Å²) in [6, 6.07) is 3.54. The summed E-state index contributed by atoms with van der Waals surface area (Å²) >= 11 is 0. The molecule has 2 nitrogen and oxygen atoms in total. The Kier molecular flexibility index (Phi) is 4.21. The molecule has 1 aliphatic rings. The van der Waals surface area contributed by atoms with E-state index in [2.05, 4.69) is 0 Å². The van der Waals surface area contributed by atoms with E-state index >= 15 is 0 Å². The normalized spacial score (nSPS) is 19.9. The molecule has 0 spiro atoms. The Morgan fingerprint density at radius 2 is 1.89 bits per heavy atom. The van der Waals surface area contributed by atoms with Crippen LogP contribution in [0.25, 0.3) is 0 Å². The maximum atomic E-state index is 13.7. The molecular formula is C15H21F2NO. The van der Waals surface area contributed by atoms with Crippen molar-refractivity contribution < 1.29 is 13.9 Å². The van der Waals surface area contributed by atoms with Gasteiger partial charge in [-0.1, -0.05) is 18.9 Å². The molecule has 0 heterocycles. The van der Waals surface area contributed by atoms with E-state index in [-0.39, 0.29) is 12.0 Å². The maximum absolute atomic E-state index is 13.7. The number of hydrogen-bond acceptors (Lipinski definition) is 2. The van der Waals surface area contributed by atoms with Crippen LogP contribution in [0.5, 0.6) is 0 Å². The molecule has 2 rings (SSSR count). The van der Waals surface area contributed by atoms with Crippen LogP contribution in [0.1, 0.15) is 31.2 Å². The quantitative estimate of drug-likeness (QED) is 0.908. The lowest BCUT2D eigenvalue weighted by atomic mass is 9.85. The highest BCUT2D eigenvalue weighted by molar-refractivity contribution is 5.20. The zero-order valence-corrected chi connectivity index (χ0v) is 11.5. The first-order valence-electron chi connectivity index (χ1n) is 6.75. The molecule has 19 heavy (non-hydrogen) atoms. The Labute approximate surface area is 113 Å². The van der Waals surface area contributed by atoms with Gasteiger partial charge >= 0.3 is 0 Å². The first kappa shape index (κ1) is 14.4. The van der Waals surface area contributed by atoms with Crippen molar-refractivity contribution >= 4 is 0 Å². The molecule has 1 unspecified atom stereocenters. The number of halogens is 2. The highest BCUT2D eigenvalue weighted by Gasteiger charge is 2.42. The van der Waals surface area contributed by atoms with Crippen molar-refractivity contribution in [3.63, 3.8) is 0 Å². The predicted molar refractivity (Wildman–Crippen MR) is 71.0 cm³/mol. The molecular weight excluding hydrogens is 248 g/mol. The van der Waals surface area contributed by atoms with Crippen LogP contribution in [0, 0.1) is 11.6 Å². The molecule has 1 atom stereocenters. The van der Waals surface area contributed by atoms with Gasteiger partial charge in [0.2, 0.25) is 0 Å². The summed E-state index contributed by atoms with van der Waals surface area (Å²) in [5.41, 5.74) is 0.0999. The zero-order valence-electron chi connectivity index (χ0n) is 11.5. The number of nitrogens with zero attached hydrogens (tertiary/aromatic N) is 1. The third-order valence-electron chi connectivity index (χ3n) is 4.41. The molecule has 0 bridgehead atoms. The average Bonchev–Trinajstić information content (AvgIpc) is 2.83. The Hall–Kier alpha value is -1.00. The van der Waals surface area contributed by atoms with E-state index in [0.717, 1.165) is 31.7 Å². The first-order chi connectivity index (χ1) is 8.95. The predicted octanol–water partition coefficient (Wildman–Crippen LogP) is 2.74. The van der Waals surface area contributed by atoms with Crippen molar-refractivity contribution in [2.24, 2.45) is 0 Å². The maximum Gasteiger partial charge on any atom is 0.129 e. The summed E-state index contributed by atoms with van der Waals surface area (Å²) in [7, 11) is 3.91. The van der Waals surface area contributed by atoms with Crippen LogP contribution in [0.15, 0.2) is 18.2 Å². The van der Waals surface area contributed by atoms with Gasteiger partial charge in [-0.3, -0.25) is 0 Å². The van der Waals surface area contributed by atoms with Gasteiger partial charge in [-0.25, -0.2) is 8.78 Å². The molecule has 1 saturated carbocycles. The van der Waals surface area contributed by atoms with Crippen molar-refractivity contribution in [3.8, 4) is 0 Å². The Bertz CT molecular complexity index is 442. The minimum absolute atomic E-state index is 0.226. The molecule has 1 aromatic carbocycles. The summed E-state index contributed by atoms with van der Waals surface area (Å²) in [5.74, 6) is -1.16. The minimum atomic E-state index is -0.634. The number of aliphatic hydroxyl groups excluding tert-OH is 1. The second-order valence-corrected chi connectivity index (χ2v) is 5.66. The second kappa shape index (κ2) is 5.55. The fourth-order valence-electron chi connectivity index (χ4n) is 3.15. The molecule has 106 valence electrons. The average molecular weight is 269 g/mol. The standard InChI is InChI=1S/C15H21F2NO/c1-18(2)15(7-3-4-8-15)14(19)9-11-5-6-12(16)10-13(11)17/h5-6,10,14,19H,3-4,7-9H2,1-2H3. The van der Waals surface area contributed by atoms with Crippen LogP contribution < -0.4 is 0 Å². The molecule has 1 fully saturated rings. The van der Waals surface area contributed by atoms with Gasteiger partial charge in [0, 0.05) is 18.0 Å². The van der Waals surface area contributed by atoms with Crippen LogP contribution in [-0.2, 0) is 6.42 Å². The summed E-state index contributed by atoms with van der Waals surface area (Å²) < 4.78 is 26.5. The number of aliphatic hydroxyl groups is 1. The number of likely N-dealkylation sites (N-methyl/N-ethyl adjacent to an activating group) is 1. The number of hydrogen-bond donors (Lipinski definition) is 1. The summed E-state index contributed by atoms with van der Waals surface area (Å²) in [5, 5.41) is 10.5. The lowest BCUT2D eigenvalue weighted by Crippen LogP contribution is -2.52. The Morgan fingerprint density at radius 3 is 2.42 bits per heavy atom. The number of benzene rings is 1. The van der Waals surface area contributed by atoms with E-state index in [1.807, 2.05) is 19.0 Å². The van der Waals surface area contributed by atoms with Gasteiger partial charge < -0.3 is 10.0 Å². The van der Waals surface area contributed by atoms with Gasteiger partial charge in [-0.15, -0.1) is 0 Å². The van der Waals surface area contributed by atoms with Crippen molar-refractivity contribution in [3.05, 3.63) is 35.4 Å². The highest BCUT2D eigenvalue weighted by atomic mass is 19.1. The fraction of sp³-hybridized carbons (Fsp3) is 0.600. The van der Waals surface area contributed by atoms with Gasteiger partial charge in [0.05, 0.1) is 6.10 Å². The lowest BCUT2D eigenvalue weighted by molar-refractivity contribution is -0.00294. The first-order valence-corrected chi connectivity index (χ1v) is 6.75. The zero-order chi connectivity index (χ0) is 14.0. The van der Waals surface area contributed by atoms with Crippen LogP contribution in [0.3, 0.4) is 0 Å². The lowest BCUT2D eigenvalue weighted by Gasteiger charge is -2.40. The molecule has 1 N–H and O–H groups in total. The topological polar surface area (TPSA) is 23.5 Å². The minimum Gasteiger partial charge on any atom is -0.391 e. The van der Waals surface area contributed by atoms with E-state index in [1.165, 1.54) is 12.1 Å². The second-order valence-electron chi connectivity index (χ2n) is 5.66. The molecule has 0 aliphatic heterocycles. The van der Waals surface area contributed by atoms with Crippen LogP contribution in [0.2, 0.25) is 0 Å². The molecule has 1 aliphatic carbocycles. The van der Waals surface area contributed by atoms with Crippen molar-refractivity contribution in [1.29, 1.82) is 0 Å². The van der Waals surface area contributed by atoms with Gasteiger partial charge in [0.15, 0.2) is 0 Å². The third kappa shape index (κ3) is 2.79. The van der Waals surface area contributed by atoms with Crippen molar-refractivity contribution in [2.45, 2.75) is 43.7 Å². The Balaban J connectivity index is 2.17. The van der Waals surface area contributed by atoms with Gasteiger partial charge in [-0.2, -0.15) is 0 Å². The van der Waals surface area contributed by atoms with E-state index in [0.29, 0.717) is 5.56 Å². The van der Waals surface area contributed by atoms with Crippen LogP contribution in [-0.4, -0.2) is 35.7 Å². The van der Waals surface area contributed by atoms with Gasteiger partial charge in [0.1, 0.15) is 11.6 Å². The monoisotopic (exact) mass is 269 g/mol. The van der Waals surface area contributed by atoms with E-state index in [4.69, 9.17) is 0 Å². The molecule has 0 aromatic heterocycles. The smallest absolute Gasteiger partial charge is 0.129 e.